The number of piperidine rings is 1. The maximum absolute atomic E-state index is 13.2. The largest absolute Gasteiger partial charge is 0.381 e. The molecule has 8 heteroatoms. The Bertz CT molecular complexity index is 852. The number of hydrogen-bond acceptors (Lipinski definition) is 5. The molecule has 0 aliphatic carbocycles. The van der Waals surface area contributed by atoms with Gasteiger partial charge in [0.1, 0.15) is 5.56 Å². The Morgan fingerprint density at radius 3 is 2.42 bits per heavy atom. The minimum atomic E-state index is -0.332. The van der Waals surface area contributed by atoms with E-state index in [0.717, 1.165) is 49.9 Å². The van der Waals surface area contributed by atoms with Crippen molar-refractivity contribution in [1.29, 1.82) is 0 Å². The zero-order valence-electron chi connectivity index (χ0n) is 18.5. The van der Waals surface area contributed by atoms with Gasteiger partial charge in [0.15, 0.2) is 0 Å². The number of aromatic nitrogens is 1. The number of fused-ring (bicyclic) bond motifs is 1. The molecule has 0 atom stereocenters. The van der Waals surface area contributed by atoms with Crippen molar-refractivity contribution in [2.75, 3.05) is 46.4 Å². The number of methoxy groups -OCH3 is 1. The van der Waals surface area contributed by atoms with Crippen LogP contribution in [0.15, 0.2) is 11.0 Å². The average molecular weight is 431 g/mol. The Balaban J connectivity index is 1.45. The van der Waals surface area contributed by atoms with Gasteiger partial charge in [-0.2, -0.15) is 0 Å². The molecule has 2 fully saturated rings. The predicted molar refractivity (Wildman–Crippen MR) is 117 cm³/mol. The molecule has 170 valence electrons. The van der Waals surface area contributed by atoms with Crippen molar-refractivity contribution in [2.24, 2.45) is 0 Å². The van der Waals surface area contributed by atoms with Crippen LogP contribution in [0.1, 0.15) is 60.0 Å². The molecule has 0 radical (unpaired) electrons. The quantitative estimate of drug-likeness (QED) is 0.780. The summed E-state index contributed by atoms with van der Waals surface area (Å²) < 4.78 is 5.39. The van der Waals surface area contributed by atoms with Crippen LogP contribution < -0.4 is 5.56 Å². The molecule has 1 aromatic heterocycles. The van der Waals surface area contributed by atoms with E-state index in [-0.39, 0.29) is 29.0 Å². The number of likely N-dealkylation sites (tertiary alicyclic amines) is 2. The highest BCUT2D eigenvalue weighted by Crippen LogP contribution is 2.23. The van der Waals surface area contributed by atoms with Crippen molar-refractivity contribution in [1.82, 2.24) is 19.7 Å². The Labute approximate surface area is 183 Å². The lowest BCUT2D eigenvalue weighted by atomic mass is 9.95. The molecule has 3 aliphatic heterocycles. The molecule has 31 heavy (non-hydrogen) atoms. The van der Waals surface area contributed by atoms with Crippen molar-refractivity contribution < 1.29 is 14.3 Å². The number of pyridine rings is 1. The fraction of sp³-hybridized carbons (Fsp3) is 0.696. The molecule has 8 nitrogen and oxygen atoms in total. The van der Waals surface area contributed by atoms with Gasteiger partial charge in [-0.25, -0.2) is 0 Å². The highest BCUT2D eigenvalue weighted by molar-refractivity contribution is 5.96. The highest BCUT2D eigenvalue weighted by Gasteiger charge is 2.31. The van der Waals surface area contributed by atoms with Crippen LogP contribution in [-0.2, 0) is 22.5 Å². The van der Waals surface area contributed by atoms with Crippen LogP contribution in [0.25, 0.3) is 0 Å². The number of rotatable bonds is 4. The number of carbonyl (C=O) groups excluding carboxylic acids is 2. The van der Waals surface area contributed by atoms with E-state index in [4.69, 9.17) is 4.74 Å². The van der Waals surface area contributed by atoms with Gasteiger partial charge < -0.3 is 19.5 Å². The van der Waals surface area contributed by atoms with Crippen molar-refractivity contribution in [2.45, 2.75) is 57.6 Å². The first kappa shape index (κ1) is 22.0. The molecule has 0 unspecified atom stereocenters. The normalized spacial score (nSPS) is 20.9. The number of H-pyrrole nitrogens is 1. The lowest BCUT2D eigenvalue weighted by Gasteiger charge is -2.34. The summed E-state index contributed by atoms with van der Waals surface area (Å²) in [6.45, 7) is 4.63. The molecule has 0 spiro atoms. The maximum atomic E-state index is 13.2. The van der Waals surface area contributed by atoms with Crippen molar-refractivity contribution in [3.63, 3.8) is 0 Å². The van der Waals surface area contributed by atoms with Crippen LogP contribution in [0.2, 0.25) is 0 Å². The summed E-state index contributed by atoms with van der Waals surface area (Å²) >= 11 is 0. The van der Waals surface area contributed by atoms with Crippen molar-refractivity contribution in [3.05, 3.63) is 33.2 Å². The molecule has 1 aromatic rings. The Hall–Kier alpha value is -2.19. The number of hydrogen-bond donors (Lipinski definition) is 1. The fourth-order valence-electron chi connectivity index (χ4n) is 5.04. The molecular weight excluding hydrogens is 396 g/mol. The second kappa shape index (κ2) is 9.96. The molecule has 4 rings (SSSR count). The van der Waals surface area contributed by atoms with Gasteiger partial charge in [0.05, 0.1) is 12.6 Å². The highest BCUT2D eigenvalue weighted by atomic mass is 16.5. The van der Waals surface area contributed by atoms with E-state index in [0.29, 0.717) is 39.1 Å². The molecule has 3 aliphatic rings. The summed E-state index contributed by atoms with van der Waals surface area (Å²) in [4.78, 5) is 47.3. The summed E-state index contributed by atoms with van der Waals surface area (Å²) in [6, 6.07) is 0. The van der Waals surface area contributed by atoms with Crippen LogP contribution in [0, 0.1) is 0 Å². The van der Waals surface area contributed by atoms with Gasteiger partial charge in [0, 0.05) is 39.5 Å². The third kappa shape index (κ3) is 5.01. The number of nitrogens with zero attached hydrogens (tertiary/aromatic N) is 3. The van der Waals surface area contributed by atoms with Crippen LogP contribution in [0.5, 0.6) is 0 Å². The van der Waals surface area contributed by atoms with E-state index in [9.17, 15) is 14.4 Å². The fourth-order valence-corrected chi connectivity index (χ4v) is 5.04. The third-order valence-corrected chi connectivity index (χ3v) is 6.97. The molecule has 0 saturated carbocycles. The van der Waals surface area contributed by atoms with Crippen LogP contribution in [0.3, 0.4) is 0 Å². The number of ether oxygens (including phenoxy) is 1. The molecule has 0 aromatic carbocycles. The molecule has 4 heterocycles. The monoisotopic (exact) mass is 430 g/mol. The summed E-state index contributed by atoms with van der Waals surface area (Å²) in [5.74, 6) is -0.0646. The Morgan fingerprint density at radius 1 is 1.03 bits per heavy atom. The smallest absolute Gasteiger partial charge is 0.261 e. The van der Waals surface area contributed by atoms with Crippen molar-refractivity contribution in [3.8, 4) is 0 Å². The summed E-state index contributed by atoms with van der Waals surface area (Å²) in [6.07, 6.45) is 8.77. The van der Waals surface area contributed by atoms with E-state index in [1.807, 2.05) is 4.90 Å². The van der Waals surface area contributed by atoms with Gasteiger partial charge in [-0.3, -0.25) is 19.3 Å². The van der Waals surface area contributed by atoms with Gasteiger partial charge in [0.2, 0.25) is 5.91 Å². The van der Waals surface area contributed by atoms with Gasteiger partial charge >= 0.3 is 0 Å². The minimum Gasteiger partial charge on any atom is -0.381 e. The lowest BCUT2D eigenvalue weighted by Crippen LogP contribution is -2.45. The van der Waals surface area contributed by atoms with E-state index < -0.39 is 0 Å². The Kier molecular flexibility index (Phi) is 7.07. The van der Waals surface area contributed by atoms with Crippen LogP contribution in [-0.4, -0.2) is 84.0 Å². The Morgan fingerprint density at radius 2 is 1.74 bits per heavy atom. The van der Waals surface area contributed by atoms with E-state index in [2.05, 4.69) is 9.88 Å². The lowest BCUT2D eigenvalue weighted by molar-refractivity contribution is -0.133. The second-order valence-corrected chi connectivity index (χ2v) is 8.98. The van der Waals surface area contributed by atoms with Gasteiger partial charge in [-0.05, 0) is 56.3 Å². The molecule has 2 saturated heterocycles. The van der Waals surface area contributed by atoms with Crippen LogP contribution >= 0.6 is 0 Å². The second-order valence-electron chi connectivity index (χ2n) is 8.98. The molecule has 0 bridgehead atoms. The van der Waals surface area contributed by atoms with Gasteiger partial charge in [0.25, 0.3) is 11.5 Å². The first-order valence-corrected chi connectivity index (χ1v) is 11.6. The minimum absolute atomic E-state index is 0.133. The third-order valence-electron chi connectivity index (χ3n) is 6.97. The number of aromatic amines is 1. The van der Waals surface area contributed by atoms with Gasteiger partial charge in [-0.1, -0.05) is 12.8 Å². The SMILES string of the molecule is COC1CCN(C(=O)c2c3c(c[nH]c2=O)CN(C(=O)CN2CCCCCC2)CC3)CC1. The zero-order valence-corrected chi connectivity index (χ0v) is 18.5. The predicted octanol–water partition coefficient (Wildman–Crippen LogP) is 1.39. The zero-order chi connectivity index (χ0) is 21.8. The first-order chi connectivity index (χ1) is 15.1. The summed E-state index contributed by atoms with van der Waals surface area (Å²) in [5, 5.41) is 0. The average Bonchev–Trinajstić information content (AvgIpc) is 3.07. The number of nitrogens with one attached hydrogen (secondary N) is 1. The van der Waals surface area contributed by atoms with Crippen molar-refractivity contribution >= 4 is 11.8 Å². The standard InChI is InChI=1S/C23H34N4O4/c1-31-18-6-11-26(12-7-18)23(30)21-19-8-13-27(15-17(19)14-24-22(21)29)20(28)16-25-9-4-2-3-5-10-25/h14,18H,2-13,15-16H2,1H3,(H,24,29). The molecule has 2 amide bonds. The summed E-state index contributed by atoms with van der Waals surface area (Å²) in [5.41, 5.74) is 1.61. The number of amides is 2. The molecular formula is C23H34N4O4. The van der Waals surface area contributed by atoms with E-state index >= 15 is 0 Å². The first-order valence-electron chi connectivity index (χ1n) is 11.6. The maximum Gasteiger partial charge on any atom is 0.261 e. The molecule has 1 N–H and O–H groups in total. The topological polar surface area (TPSA) is 86.0 Å². The van der Waals surface area contributed by atoms with E-state index in [1.165, 1.54) is 12.8 Å². The van der Waals surface area contributed by atoms with E-state index in [1.54, 1.807) is 18.2 Å². The number of carbonyl (C=O) groups is 2. The van der Waals surface area contributed by atoms with Crippen LogP contribution in [0.4, 0.5) is 0 Å². The summed E-state index contributed by atoms with van der Waals surface area (Å²) in [7, 11) is 1.69. The van der Waals surface area contributed by atoms with Gasteiger partial charge in [-0.15, -0.1) is 0 Å².